The number of rotatable bonds is 4. The van der Waals surface area contributed by atoms with Gasteiger partial charge in [-0.05, 0) is 64.2 Å². The van der Waals surface area contributed by atoms with Crippen LogP contribution in [-0.2, 0) is 5.41 Å². The second-order valence-electron chi connectivity index (χ2n) is 15.2. The molecule has 2 unspecified atom stereocenters. The zero-order chi connectivity index (χ0) is 37.5. The number of ether oxygens (including phenoxy) is 1. The zero-order valence-corrected chi connectivity index (χ0v) is 31.7. The van der Waals surface area contributed by atoms with Gasteiger partial charge in [0.1, 0.15) is 17.3 Å². The summed E-state index contributed by atoms with van der Waals surface area (Å²) in [7, 11) is 0. The van der Waals surface area contributed by atoms with Crippen molar-refractivity contribution in [3.8, 4) is 45.1 Å². The van der Waals surface area contributed by atoms with E-state index in [-0.39, 0.29) is 11.8 Å². The van der Waals surface area contributed by atoms with Gasteiger partial charge >= 0.3 is 0 Å². The number of allylic oxidation sites excluding steroid dienone is 4. The molecule has 7 aromatic carbocycles. The van der Waals surface area contributed by atoms with Gasteiger partial charge in [-0.1, -0.05) is 158 Å². The van der Waals surface area contributed by atoms with Gasteiger partial charge in [-0.3, -0.25) is 0 Å². The minimum absolute atomic E-state index is 0.00893. The molecule has 4 heteroatoms. The van der Waals surface area contributed by atoms with Crippen LogP contribution in [-0.4, -0.2) is 9.97 Å². The Bertz CT molecular complexity index is 3090. The number of hydrogen-bond acceptors (Lipinski definition) is 4. The van der Waals surface area contributed by atoms with Crippen LogP contribution in [0.3, 0.4) is 0 Å². The Morgan fingerprint density at radius 2 is 1.09 bits per heavy atom. The number of benzene rings is 7. The third kappa shape index (κ3) is 4.84. The average Bonchev–Trinajstić information content (AvgIpc) is 3.80. The average molecular weight is 747 g/mol. The van der Waals surface area contributed by atoms with Crippen LogP contribution < -0.4 is 4.74 Å². The van der Waals surface area contributed by atoms with Crippen molar-refractivity contribution in [2.24, 2.45) is 0 Å². The Labute approximate surface area is 334 Å². The summed E-state index contributed by atoms with van der Waals surface area (Å²) in [6.07, 6.45) is 8.90. The number of fused-ring (bicyclic) bond motifs is 12. The van der Waals surface area contributed by atoms with Crippen LogP contribution in [0.5, 0.6) is 11.5 Å². The molecule has 0 N–H and O–H groups in total. The third-order valence-electron chi connectivity index (χ3n) is 12.2. The maximum Gasteiger partial charge on any atom is 0.137 e. The van der Waals surface area contributed by atoms with E-state index < -0.39 is 5.41 Å². The molecule has 0 fully saturated rings. The standard InChI is InChI=1S/C53H34N2OS/c1-2-14-33(15-3-1)46-32-47(35-26-28-40-39-19-8-13-25-50(39)57-51(40)31-35)55-52(54-46)41-20-5-4-16-36(41)34-27-29-49-45(30-34)53(44-23-11-12-24-48(44)56-49)42-21-9-6-17-37(42)38-18-7-10-22-43(38)53/h1-32,36,41H. The Morgan fingerprint density at radius 1 is 0.456 bits per heavy atom. The van der Waals surface area contributed by atoms with E-state index >= 15 is 0 Å². The lowest BCUT2D eigenvalue weighted by atomic mass is 9.65. The molecule has 2 aliphatic carbocycles. The molecule has 57 heavy (non-hydrogen) atoms. The molecule has 3 nitrogen and oxygen atoms in total. The maximum absolute atomic E-state index is 6.77. The van der Waals surface area contributed by atoms with Crippen LogP contribution in [0.15, 0.2) is 194 Å². The summed E-state index contributed by atoms with van der Waals surface area (Å²) in [6.45, 7) is 0. The highest BCUT2D eigenvalue weighted by Crippen LogP contribution is 2.62. The van der Waals surface area contributed by atoms with E-state index in [0.29, 0.717) is 0 Å². The molecule has 1 spiro atoms. The second kappa shape index (κ2) is 12.6. The van der Waals surface area contributed by atoms with Crippen molar-refractivity contribution in [1.82, 2.24) is 9.97 Å². The molecule has 0 saturated carbocycles. The van der Waals surface area contributed by atoms with Crippen molar-refractivity contribution in [3.63, 3.8) is 0 Å². The third-order valence-corrected chi connectivity index (χ3v) is 13.3. The molecule has 1 aliphatic heterocycles. The summed E-state index contributed by atoms with van der Waals surface area (Å²) in [6, 6.07) is 61.2. The fourth-order valence-electron chi connectivity index (χ4n) is 9.66. The smallest absolute Gasteiger partial charge is 0.137 e. The van der Waals surface area contributed by atoms with E-state index in [0.717, 1.165) is 45.4 Å². The summed E-state index contributed by atoms with van der Waals surface area (Å²) in [4.78, 5) is 10.8. The van der Waals surface area contributed by atoms with E-state index in [1.165, 1.54) is 53.6 Å². The summed E-state index contributed by atoms with van der Waals surface area (Å²) in [5, 5.41) is 2.58. The van der Waals surface area contributed by atoms with Gasteiger partial charge in [0.25, 0.3) is 0 Å². The first-order chi connectivity index (χ1) is 28.2. The van der Waals surface area contributed by atoms with Gasteiger partial charge in [-0.2, -0.15) is 0 Å². The molecule has 12 rings (SSSR count). The first-order valence-corrected chi connectivity index (χ1v) is 20.4. The molecule has 268 valence electrons. The Balaban J connectivity index is 1.03. The van der Waals surface area contributed by atoms with Crippen LogP contribution in [0.4, 0.5) is 0 Å². The summed E-state index contributed by atoms with van der Waals surface area (Å²) < 4.78 is 9.33. The molecule has 0 radical (unpaired) electrons. The number of hydrogen-bond donors (Lipinski definition) is 0. The van der Waals surface area contributed by atoms with E-state index in [2.05, 4.69) is 194 Å². The number of para-hydroxylation sites is 1. The van der Waals surface area contributed by atoms with Crippen molar-refractivity contribution < 1.29 is 4.74 Å². The topological polar surface area (TPSA) is 35.0 Å². The van der Waals surface area contributed by atoms with Crippen molar-refractivity contribution in [3.05, 3.63) is 228 Å². The van der Waals surface area contributed by atoms with Gasteiger partial charge in [0, 0.05) is 54.3 Å². The van der Waals surface area contributed by atoms with Gasteiger partial charge in [0.2, 0.25) is 0 Å². The minimum Gasteiger partial charge on any atom is -0.457 e. The fourth-order valence-corrected chi connectivity index (χ4v) is 10.8. The lowest BCUT2D eigenvalue weighted by Crippen LogP contribution is -2.32. The molecule has 0 amide bonds. The molecule has 0 bridgehead atoms. The van der Waals surface area contributed by atoms with Crippen LogP contribution >= 0.6 is 11.3 Å². The highest BCUT2D eigenvalue weighted by Gasteiger charge is 2.51. The zero-order valence-electron chi connectivity index (χ0n) is 30.8. The highest BCUT2D eigenvalue weighted by atomic mass is 32.1. The van der Waals surface area contributed by atoms with E-state index in [1.54, 1.807) is 0 Å². The molecule has 3 aliphatic rings. The lowest BCUT2D eigenvalue weighted by molar-refractivity contribution is 0.435. The second-order valence-corrected chi connectivity index (χ2v) is 16.3. The lowest BCUT2D eigenvalue weighted by Gasteiger charge is -2.40. The van der Waals surface area contributed by atoms with Crippen molar-refractivity contribution >= 4 is 31.5 Å². The number of aromatic nitrogens is 2. The molecular formula is C53H34N2OS. The van der Waals surface area contributed by atoms with Gasteiger partial charge in [-0.25, -0.2) is 9.97 Å². The quantitative estimate of drug-likeness (QED) is 0.180. The number of thiophene rings is 1. The fraction of sp³-hybridized carbons (Fsp3) is 0.0566. The van der Waals surface area contributed by atoms with Crippen LogP contribution in [0.2, 0.25) is 0 Å². The molecule has 3 heterocycles. The first kappa shape index (κ1) is 32.4. The maximum atomic E-state index is 6.77. The predicted octanol–water partition coefficient (Wildman–Crippen LogP) is 13.6. The van der Waals surface area contributed by atoms with Crippen molar-refractivity contribution in [1.29, 1.82) is 0 Å². The summed E-state index contributed by atoms with van der Waals surface area (Å²) in [5.41, 5.74) is 12.1. The molecule has 9 aromatic rings. The highest BCUT2D eigenvalue weighted by molar-refractivity contribution is 7.25. The van der Waals surface area contributed by atoms with E-state index in [9.17, 15) is 0 Å². The van der Waals surface area contributed by atoms with Crippen LogP contribution in [0.25, 0.3) is 53.8 Å². The van der Waals surface area contributed by atoms with Gasteiger partial charge in [-0.15, -0.1) is 11.3 Å². The first-order valence-electron chi connectivity index (χ1n) is 19.6. The Kier molecular flexibility index (Phi) is 7.14. The predicted molar refractivity (Wildman–Crippen MR) is 233 cm³/mol. The largest absolute Gasteiger partial charge is 0.457 e. The number of nitrogens with zero attached hydrogens (tertiary/aromatic N) is 2. The Hall–Kier alpha value is -6.88. The molecule has 2 atom stereocenters. The summed E-state index contributed by atoms with van der Waals surface area (Å²) >= 11 is 1.83. The summed E-state index contributed by atoms with van der Waals surface area (Å²) in [5.74, 6) is 2.48. The van der Waals surface area contributed by atoms with E-state index in [1.807, 2.05) is 11.3 Å². The Morgan fingerprint density at radius 3 is 1.89 bits per heavy atom. The molecular weight excluding hydrogens is 713 g/mol. The molecule has 2 aromatic heterocycles. The minimum atomic E-state index is -0.529. The van der Waals surface area contributed by atoms with Crippen LogP contribution in [0.1, 0.15) is 45.5 Å². The molecule has 0 saturated heterocycles. The van der Waals surface area contributed by atoms with Gasteiger partial charge in [0.15, 0.2) is 0 Å². The monoisotopic (exact) mass is 746 g/mol. The SMILES string of the molecule is C1=CC(c2ccc3c(c2)C2(c4ccccc4O3)c3ccccc3-c3ccccc32)C(c2nc(-c3ccccc3)cc(-c3ccc4c(c3)sc3ccccc34)n2)C=C1. The van der Waals surface area contributed by atoms with Crippen molar-refractivity contribution in [2.45, 2.75) is 17.3 Å². The van der Waals surface area contributed by atoms with Gasteiger partial charge in [0.05, 0.1) is 16.8 Å². The van der Waals surface area contributed by atoms with Crippen molar-refractivity contribution in [2.75, 3.05) is 0 Å². The van der Waals surface area contributed by atoms with Gasteiger partial charge < -0.3 is 4.74 Å². The van der Waals surface area contributed by atoms with E-state index in [4.69, 9.17) is 14.7 Å². The van der Waals surface area contributed by atoms with Crippen LogP contribution in [0, 0.1) is 0 Å². The normalized spacial score (nSPS) is 16.9.